The Kier molecular flexibility index (Phi) is 8.62. The van der Waals surface area contributed by atoms with Gasteiger partial charge in [0.1, 0.15) is 5.82 Å². The van der Waals surface area contributed by atoms with Gasteiger partial charge in [0.25, 0.3) is 5.91 Å². The van der Waals surface area contributed by atoms with Gasteiger partial charge in [-0.05, 0) is 49.6 Å². The molecule has 0 saturated heterocycles. The van der Waals surface area contributed by atoms with Crippen LogP contribution in [0.25, 0.3) is 0 Å². The van der Waals surface area contributed by atoms with E-state index in [0.717, 1.165) is 46.8 Å². The first-order valence-corrected chi connectivity index (χ1v) is 12.0. The SMILES string of the molecule is CCN(CC)c1cc(C(C)C)nc(SCc2ccc(C(=O)NCc3ccccn3)cc2)n1. The number of hydrogen-bond donors (Lipinski definition) is 1. The Bertz CT molecular complexity index is 1000. The number of thioether (sulfide) groups is 1. The lowest BCUT2D eigenvalue weighted by atomic mass is 10.1. The molecule has 0 radical (unpaired) electrons. The van der Waals surface area contributed by atoms with E-state index in [4.69, 9.17) is 9.97 Å². The highest BCUT2D eigenvalue weighted by atomic mass is 32.2. The number of hydrogen-bond acceptors (Lipinski definition) is 6. The molecule has 0 unspecified atom stereocenters. The van der Waals surface area contributed by atoms with Crippen LogP contribution in [0.2, 0.25) is 0 Å². The maximum atomic E-state index is 12.4. The Morgan fingerprint density at radius 1 is 1.06 bits per heavy atom. The number of carbonyl (C=O) groups is 1. The first kappa shape index (κ1) is 23.7. The second-order valence-electron chi connectivity index (χ2n) is 7.75. The third kappa shape index (κ3) is 6.53. The molecule has 6 nitrogen and oxygen atoms in total. The maximum absolute atomic E-state index is 12.4. The second kappa shape index (κ2) is 11.6. The zero-order chi connectivity index (χ0) is 22.9. The van der Waals surface area contributed by atoms with Crippen molar-refractivity contribution in [1.29, 1.82) is 0 Å². The molecule has 7 heteroatoms. The van der Waals surface area contributed by atoms with Gasteiger partial charge in [-0.2, -0.15) is 0 Å². The van der Waals surface area contributed by atoms with Gasteiger partial charge < -0.3 is 10.2 Å². The fraction of sp³-hybridized carbons (Fsp3) is 0.360. The predicted molar refractivity (Wildman–Crippen MR) is 131 cm³/mol. The molecule has 0 bridgehead atoms. The van der Waals surface area contributed by atoms with Crippen LogP contribution in [0, 0.1) is 0 Å². The van der Waals surface area contributed by atoms with Crippen molar-refractivity contribution >= 4 is 23.5 Å². The molecule has 0 aliphatic carbocycles. The lowest BCUT2D eigenvalue weighted by Crippen LogP contribution is -2.23. The first-order chi connectivity index (χ1) is 15.5. The Labute approximate surface area is 194 Å². The van der Waals surface area contributed by atoms with Crippen LogP contribution < -0.4 is 10.2 Å². The Hall–Kier alpha value is -2.93. The minimum Gasteiger partial charge on any atom is -0.357 e. The van der Waals surface area contributed by atoms with Crippen molar-refractivity contribution in [3.63, 3.8) is 0 Å². The molecule has 0 aliphatic rings. The molecule has 0 saturated carbocycles. The zero-order valence-corrected chi connectivity index (χ0v) is 20.0. The Morgan fingerprint density at radius 3 is 2.44 bits per heavy atom. The van der Waals surface area contributed by atoms with Crippen molar-refractivity contribution in [3.05, 3.63) is 77.2 Å². The highest BCUT2D eigenvalue weighted by molar-refractivity contribution is 7.98. The molecule has 1 amide bonds. The minimum atomic E-state index is -0.105. The van der Waals surface area contributed by atoms with Crippen molar-refractivity contribution in [2.45, 2.75) is 51.1 Å². The number of nitrogens with one attached hydrogen (secondary N) is 1. The van der Waals surface area contributed by atoms with Crippen LogP contribution in [-0.4, -0.2) is 33.9 Å². The number of amides is 1. The van der Waals surface area contributed by atoms with E-state index in [-0.39, 0.29) is 5.91 Å². The van der Waals surface area contributed by atoms with Gasteiger partial charge in [0.05, 0.1) is 12.2 Å². The Morgan fingerprint density at radius 2 is 1.81 bits per heavy atom. The summed E-state index contributed by atoms with van der Waals surface area (Å²) in [7, 11) is 0. The molecule has 3 rings (SSSR count). The molecule has 1 aromatic carbocycles. The first-order valence-electron chi connectivity index (χ1n) is 11.0. The smallest absolute Gasteiger partial charge is 0.251 e. The minimum absolute atomic E-state index is 0.105. The van der Waals surface area contributed by atoms with Crippen molar-refractivity contribution in [2.75, 3.05) is 18.0 Å². The van der Waals surface area contributed by atoms with Crippen molar-refractivity contribution in [2.24, 2.45) is 0 Å². The average Bonchev–Trinajstić information content (AvgIpc) is 2.83. The topological polar surface area (TPSA) is 71.0 Å². The molecule has 168 valence electrons. The highest BCUT2D eigenvalue weighted by Crippen LogP contribution is 2.25. The molecule has 3 aromatic rings. The van der Waals surface area contributed by atoms with Gasteiger partial charge in [-0.1, -0.05) is 43.8 Å². The largest absolute Gasteiger partial charge is 0.357 e. The third-order valence-electron chi connectivity index (χ3n) is 5.13. The molecule has 0 spiro atoms. The third-order valence-corrected chi connectivity index (χ3v) is 6.05. The van der Waals surface area contributed by atoms with E-state index in [1.165, 1.54) is 0 Å². The summed E-state index contributed by atoms with van der Waals surface area (Å²) in [4.78, 5) is 28.4. The van der Waals surface area contributed by atoms with E-state index in [0.29, 0.717) is 18.0 Å². The quantitative estimate of drug-likeness (QED) is 0.344. The fourth-order valence-electron chi connectivity index (χ4n) is 3.18. The zero-order valence-electron chi connectivity index (χ0n) is 19.2. The fourth-order valence-corrected chi connectivity index (χ4v) is 3.99. The van der Waals surface area contributed by atoms with E-state index < -0.39 is 0 Å². The summed E-state index contributed by atoms with van der Waals surface area (Å²) in [5.41, 5.74) is 3.65. The van der Waals surface area contributed by atoms with E-state index in [2.05, 4.69) is 49.0 Å². The molecule has 2 aromatic heterocycles. The number of aromatic nitrogens is 3. The van der Waals surface area contributed by atoms with Gasteiger partial charge in [0.2, 0.25) is 0 Å². The van der Waals surface area contributed by atoms with Gasteiger partial charge in [0.15, 0.2) is 5.16 Å². The number of anilines is 1. The summed E-state index contributed by atoms with van der Waals surface area (Å²) in [5.74, 6) is 1.97. The van der Waals surface area contributed by atoms with Crippen molar-refractivity contribution in [1.82, 2.24) is 20.3 Å². The number of rotatable bonds is 10. The van der Waals surface area contributed by atoms with Crippen LogP contribution in [0.3, 0.4) is 0 Å². The number of benzene rings is 1. The van der Waals surface area contributed by atoms with Gasteiger partial charge in [-0.3, -0.25) is 9.78 Å². The van der Waals surface area contributed by atoms with Crippen LogP contribution >= 0.6 is 11.8 Å². The second-order valence-corrected chi connectivity index (χ2v) is 8.69. The lowest BCUT2D eigenvalue weighted by Gasteiger charge is -2.21. The molecule has 1 N–H and O–H groups in total. The molecule has 0 atom stereocenters. The number of nitrogens with zero attached hydrogens (tertiary/aromatic N) is 4. The summed E-state index contributed by atoms with van der Waals surface area (Å²) in [5, 5.41) is 3.69. The van der Waals surface area contributed by atoms with Crippen LogP contribution in [-0.2, 0) is 12.3 Å². The molecule has 0 fully saturated rings. The van der Waals surface area contributed by atoms with E-state index >= 15 is 0 Å². The van der Waals surface area contributed by atoms with Gasteiger partial charge >= 0.3 is 0 Å². The molecular weight excluding hydrogens is 418 g/mol. The van der Waals surface area contributed by atoms with E-state index in [9.17, 15) is 4.79 Å². The average molecular weight is 450 g/mol. The summed E-state index contributed by atoms with van der Waals surface area (Å²) in [6, 6.07) is 15.4. The molecule has 2 heterocycles. The number of pyridine rings is 1. The highest BCUT2D eigenvalue weighted by Gasteiger charge is 2.12. The summed E-state index contributed by atoms with van der Waals surface area (Å²) < 4.78 is 0. The van der Waals surface area contributed by atoms with Gasteiger partial charge in [0, 0.05) is 42.4 Å². The van der Waals surface area contributed by atoms with Crippen molar-refractivity contribution in [3.8, 4) is 0 Å². The van der Waals surface area contributed by atoms with Crippen LogP contribution in [0.1, 0.15) is 60.9 Å². The van der Waals surface area contributed by atoms with Crippen LogP contribution in [0.15, 0.2) is 59.9 Å². The Balaban J connectivity index is 1.62. The van der Waals surface area contributed by atoms with Gasteiger partial charge in [-0.15, -0.1) is 0 Å². The molecule has 32 heavy (non-hydrogen) atoms. The van der Waals surface area contributed by atoms with Crippen LogP contribution in [0.4, 0.5) is 5.82 Å². The van der Waals surface area contributed by atoms with Crippen LogP contribution in [0.5, 0.6) is 0 Å². The molecule has 0 aliphatic heterocycles. The summed E-state index contributed by atoms with van der Waals surface area (Å²) >= 11 is 1.62. The lowest BCUT2D eigenvalue weighted by molar-refractivity contribution is 0.0950. The van der Waals surface area contributed by atoms with E-state index in [1.54, 1.807) is 18.0 Å². The predicted octanol–water partition coefficient (Wildman–Crippen LogP) is 5.06. The van der Waals surface area contributed by atoms with Crippen molar-refractivity contribution < 1.29 is 4.79 Å². The molecular formula is C25H31N5OS. The van der Waals surface area contributed by atoms with E-state index in [1.807, 2.05) is 42.5 Å². The summed E-state index contributed by atoms with van der Waals surface area (Å²) in [6.07, 6.45) is 1.72. The summed E-state index contributed by atoms with van der Waals surface area (Å²) in [6.45, 7) is 10.8. The standard InChI is InChI=1S/C25H31N5OS/c1-5-30(6-2)23-15-22(18(3)4)28-25(29-23)32-17-19-10-12-20(13-11-19)24(31)27-16-21-9-7-8-14-26-21/h7-15,18H,5-6,16-17H2,1-4H3,(H,27,31). The normalized spacial score (nSPS) is 10.9. The maximum Gasteiger partial charge on any atom is 0.251 e. The number of carbonyl (C=O) groups excluding carboxylic acids is 1. The monoisotopic (exact) mass is 449 g/mol. The van der Waals surface area contributed by atoms with Gasteiger partial charge in [-0.25, -0.2) is 9.97 Å².